The Hall–Kier alpha value is -1.64. The maximum Gasteiger partial charge on any atom is 0.0387 e. The molecule has 1 atom stereocenters. The van der Waals surface area contributed by atoms with Gasteiger partial charge in [-0.2, -0.15) is 0 Å². The Morgan fingerprint density at radius 2 is 1.79 bits per heavy atom. The van der Waals surface area contributed by atoms with E-state index < -0.39 is 0 Å². The minimum atomic E-state index is 0.161. The molecule has 0 saturated heterocycles. The van der Waals surface area contributed by atoms with Crippen LogP contribution in [0.15, 0.2) is 54.6 Å². The first-order valence-corrected chi connectivity index (χ1v) is 7.44. The largest absolute Gasteiger partial charge is 0.323 e. The van der Waals surface area contributed by atoms with Crippen molar-refractivity contribution in [2.75, 3.05) is 0 Å². The Morgan fingerprint density at radius 1 is 1.00 bits per heavy atom. The second-order valence-corrected chi connectivity index (χ2v) is 5.86. The van der Waals surface area contributed by atoms with E-state index in [4.69, 9.17) is 5.73 Å². The summed E-state index contributed by atoms with van der Waals surface area (Å²) in [5, 5.41) is 2.60. The van der Waals surface area contributed by atoms with Gasteiger partial charge in [-0.25, -0.2) is 0 Å². The second kappa shape index (κ2) is 5.16. The highest BCUT2D eigenvalue weighted by Gasteiger charge is 2.10. The maximum absolute atomic E-state index is 6.11. The van der Waals surface area contributed by atoms with E-state index in [9.17, 15) is 0 Å². The van der Waals surface area contributed by atoms with Gasteiger partial charge >= 0.3 is 0 Å². The van der Waals surface area contributed by atoms with Crippen molar-refractivity contribution in [1.82, 2.24) is 0 Å². The smallest absolute Gasteiger partial charge is 0.0387 e. The van der Waals surface area contributed by atoms with Gasteiger partial charge in [0.25, 0.3) is 0 Å². The summed E-state index contributed by atoms with van der Waals surface area (Å²) >= 11 is 1.81. The number of rotatable bonds is 3. The fourth-order valence-corrected chi connectivity index (χ4v) is 3.47. The normalized spacial score (nSPS) is 12.7. The van der Waals surface area contributed by atoms with Crippen LogP contribution in [0.25, 0.3) is 21.2 Å². The van der Waals surface area contributed by atoms with Gasteiger partial charge in [0.05, 0.1) is 0 Å². The van der Waals surface area contributed by atoms with Crippen LogP contribution in [0.1, 0.15) is 24.3 Å². The van der Waals surface area contributed by atoms with Crippen molar-refractivity contribution in [3.63, 3.8) is 0 Å². The fraction of sp³-hybridized carbons (Fsp3) is 0.176. The van der Waals surface area contributed by atoms with Crippen LogP contribution in [-0.2, 0) is 0 Å². The van der Waals surface area contributed by atoms with Crippen LogP contribution in [0.4, 0.5) is 0 Å². The maximum atomic E-state index is 6.11. The van der Waals surface area contributed by atoms with Gasteiger partial charge in [0.1, 0.15) is 0 Å². The number of benzene rings is 2. The van der Waals surface area contributed by atoms with Crippen molar-refractivity contribution < 1.29 is 0 Å². The molecule has 0 amide bonds. The van der Waals surface area contributed by atoms with Crippen molar-refractivity contribution in [2.24, 2.45) is 5.73 Å². The lowest BCUT2D eigenvalue weighted by molar-refractivity contribution is 0.712. The molecule has 0 aliphatic carbocycles. The zero-order valence-electron chi connectivity index (χ0n) is 11.0. The van der Waals surface area contributed by atoms with Crippen LogP contribution in [0.5, 0.6) is 0 Å². The molecule has 0 saturated carbocycles. The molecule has 1 nitrogen and oxygen atoms in total. The molecule has 0 radical (unpaired) electrons. The molecule has 1 aromatic heterocycles. The van der Waals surface area contributed by atoms with Gasteiger partial charge in [-0.05, 0) is 34.9 Å². The molecule has 2 aromatic carbocycles. The highest BCUT2D eigenvalue weighted by Crippen LogP contribution is 2.35. The Bertz CT molecular complexity index is 694. The van der Waals surface area contributed by atoms with Crippen molar-refractivity contribution in [3.8, 4) is 10.4 Å². The van der Waals surface area contributed by atoms with Crippen molar-refractivity contribution in [1.29, 1.82) is 0 Å². The van der Waals surface area contributed by atoms with Gasteiger partial charge < -0.3 is 5.73 Å². The molecule has 0 aliphatic rings. The minimum absolute atomic E-state index is 0.161. The third-order valence-corrected chi connectivity index (χ3v) is 4.74. The first-order valence-electron chi connectivity index (χ1n) is 6.63. The summed E-state index contributed by atoms with van der Waals surface area (Å²) in [5.74, 6) is 0. The molecule has 3 aromatic rings. The van der Waals surface area contributed by atoms with E-state index in [1.807, 2.05) is 11.3 Å². The molecule has 0 bridgehead atoms. The number of nitrogens with two attached hydrogens (primary N) is 1. The molecule has 0 aliphatic heterocycles. The van der Waals surface area contributed by atoms with Gasteiger partial charge in [-0.1, -0.05) is 49.4 Å². The zero-order chi connectivity index (χ0) is 13.2. The van der Waals surface area contributed by atoms with Crippen LogP contribution < -0.4 is 5.73 Å². The Kier molecular flexibility index (Phi) is 3.36. The summed E-state index contributed by atoms with van der Waals surface area (Å²) in [4.78, 5) is 2.57. The van der Waals surface area contributed by atoms with Crippen LogP contribution in [0.2, 0.25) is 0 Å². The summed E-state index contributed by atoms with van der Waals surface area (Å²) in [7, 11) is 0. The summed E-state index contributed by atoms with van der Waals surface area (Å²) < 4.78 is 0. The molecular formula is C17H17NS. The van der Waals surface area contributed by atoms with Crippen molar-refractivity contribution in [3.05, 3.63) is 59.5 Å². The monoisotopic (exact) mass is 267 g/mol. The van der Waals surface area contributed by atoms with Crippen LogP contribution in [0, 0.1) is 0 Å². The van der Waals surface area contributed by atoms with Gasteiger partial charge in [-0.15, -0.1) is 11.3 Å². The van der Waals surface area contributed by atoms with E-state index in [1.165, 1.54) is 26.1 Å². The molecule has 1 heterocycles. The lowest BCUT2D eigenvalue weighted by Crippen LogP contribution is -2.05. The third kappa shape index (κ3) is 2.29. The molecule has 3 rings (SSSR count). The lowest BCUT2D eigenvalue weighted by atomic mass is 10.0. The summed E-state index contributed by atoms with van der Waals surface area (Å²) in [6.45, 7) is 2.13. The molecule has 0 fully saturated rings. The van der Waals surface area contributed by atoms with E-state index in [1.54, 1.807) is 0 Å². The van der Waals surface area contributed by atoms with E-state index in [-0.39, 0.29) is 6.04 Å². The standard InChI is InChI=1S/C17H17NS/c1-2-15(18)17-11-10-16(19-17)14-9-5-7-12-6-3-4-8-13(12)14/h3-11,15H,2,18H2,1H3. The van der Waals surface area contributed by atoms with E-state index in [2.05, 4.69) is 61.5 Å². The molecule has 1 unspecified atom stereocenters. The molecular weight excluding hydrogens is 250 g/mol. The average molecular weight is 267 g/mol. The average Bonchev–Trinajstić information content (AvgIpc) is 2.95. The van der Waals surface area contributed by atoms with Gasteiger partial charge in [0.2, 0.25) is 0 Å². The fourth-order valence-electron chi connectivity index (χ4n) is 2.34. The molecule has 96 valence electrons. The predicted octanol–water partition coefficient (Wildman–Crippen LogP) is 4.98. The van der Waals surface area contributed by atoms with Crippen molar-refractivity contribution in [2.45, 2.75) is 19.4 Å². The summed E-state index contributed by atoms with van der Waals surface area (Å²) in [5.41, 5.74) is 7.41. The zero-order valence-corrected chi connectivity index (χ0v) is 11.8. The molecule has 0 spiro atoms. The number of hydrogen-bond acceptors (Lipinski definition) is 2. The summed E-state index contributed by atoms with van der Waals surface area (Å²) in [6, 6.07) is 19.5. The molecule has 19 heavy (non-hydrogen) atoms. The number of thiophene rings is 1. The third-order valence-electron chi connectivity index (χ3n) is 3.49. The van der Waals surface area contributed by atoms with Gasteiger partial charge in [0.15, 0.2) is 0 Å². The van der Waals surface area contributed by atoms with E-state index >= 15 is 0 Å². The summed E-state index contributed by atoms with van der Waals surface area (Å²) in [6.07, 6.45) is 0.982. The lowest BCUT2D eigenvalue weighted by Gasteiger charge is -2.06. The Morgan fingerprint density at radius 3 is 2.63 bits per heavy atom. The number of hydrogen-bond donors (Lipinski definition) is 1. The predicted molar refractivity (Wildman–Crippen MR) is 84.5 cm³/mol. The first-order chi connectivity index (χ1) is 9.29. The van der Waals surface area contributed by atoms with Crippen LogP contribution >= 0.6 is 11.3 Å². The van der Waals surface area contributed by atoms with E-state index in [0.717, 1.165) is 6.42 Å². The van der Waals surface area contributed by atoms with Gasteiger partial charge in [0, 0.05) is 15.8 Å². The number of fused-ring (bicyclic) bond motifs is 1. The van der Waals surface area contributed by atoms with Crippen molar-refractivity contribution >= 4 is 22.1 Å². The highest BCUT2D eigenvalue weighted by atomic mass is 32.1. The quantitative estimate of drug-likeness (QED) is 0.711. The van der Waals surface area contributed by atoms with Crippen LogP contribution in [-0.4, -0.2) is 0 Å². The van der Waals surface area contributed by atoms with Gasteiger partial charge in [-0.3, -0.25) is 0 Å². The first kappa shape index (κ1) is 12.4. The molecule has 2 heteroatoms. The second-order valence-electron chi connectivity index (χ2n) is 4.74. The Balaban J connectivity index is 2.12. The minimum Gasteiger partial charge on any atom is -0.323 e. The van der Waals surface area contributed by atoms with E-state index in [0.29, 0.717) is 0 Å². The topological polar surface area (TPSA) is 26.0 Å². The Labute approximate surface area is 117 Å². The SMILES string of the molecule is CCC(N)c1ccc(-c2cccc3ccccc23)s1. The van der Waals surface area contributed by atoms with Crippen LogP contribution in [0.3, 0.4) is 0 Å². The highest BCUT2D eigenvalue weighted by molar-refractivity contribution is 7.15. The molecule has 2 N–H and O–H groups in total.